The van der Waals surface area contributed by atoms with Crippen LogP contribution < -0.4 is 5.73 Å². The summed E-state index contributed by atoms with van der Waals surface area (Å²) in [5.74, 6) is -0.412. The van der Waals surface area contributed by atoms with Crippen LogP contribution in [0.15, 0.2) is 0 Å². The summed E-state index contributed by atoms with van der Waals surface area (Å²) in [6, 6.07) is -0.863. The van der Waals surface area contributed by atoms with E-state index in [2.05, 4.69) is 0 Å². The van der Waals surface area contributed by atoms with Crippen molar-refractivity contribution in [2.45, 2.75) is 38.5 Å². The van der Waals surface area contributed by atoms with Gasteiger partial charge in [0, 0.05) is 0 Å². The van der Waals surface area contributed by atoms with Crippen molar-refractivity contribution in [2.24, 2.45) is 5.73 Å². The molecule has 0 aliphatic carbocycles. The summed E-state index contributed by atoms with van der Waals surface area (Å²) in [4.78, 5) is 10.6. The maximum Gasteiger partial charge on any atom is 0.159 e. The van der Waals surface area contributed by atoms with Gasteiger partial charge in [-0.05, 0) is 13.3 Å². The first-order valence-electron chi connectivity index (χ1n) is 3.62. The van der Waals surface area contributed by atoms with E-state index in [4.69, 9.17) is 15.9 Å². The van der Waals surface area contributed by atoms with Crippen LogP contribution >= 0.6 is 0 Å². The molecule has 0 aliphatic rings. The lowest BCUT2D eigenvalue weighted by Gasteiger charge is -2.20. The second-order valence-corrected chi connectivity index (χ2v) is 2.61. The van der Waals surface area contributed by atoms with E-state index < -0.39 is 24.0 Å². The Morgan fingerprint density at radius 1 is 1.55 bits per heavy atom. The van der Waals surface area contributed by atoms with Gasteiger partial charge in [-0.25, -0.2) is 0 Å². The predicted molar refractivity (Wildman–Crippen MR) is 41.0 cm³/mol. The van der Waals surface area contributed by atoms with E-state index in [0.29, 0.717) is 6.42 Å². The molecule has 0 bridgehead atoms. The van der Waals surface area contributed by atoms with Crippen LogP contribution in [-0.4, -0.2) is 34.2 Å². The lowest BCUT2D eigenvalue weighted by Crippen LogP contribution is -2.47. The third kappa shape index (κ3) is 2.96. The Kier molecular flexibility index (Phi) is 4.25. The molecule has 0 saturated carbocycles. The second kappa shape index (κ2) is 4.43. The first-order valence-corrected chi connectivity index (χ1v) is 3.62. The van der Waals surface area contributed by atoms with Crippen molar-refractivity contribution < 1.29 is 15.0 Å². The summed E-state index contributed by atoms with van der Waals surface area (Å²) < 4.78 is 0. The fourth-order valence-electron chi connectivity index (χ4n) is 0.754. The number of carbonyl (C=O) groups excluding carboxylic acids is 1. The number of aliphatic hydroxyl groups is 2. The average molecular weight is 161 g/mol. The zero-order valence-electron chi connectivity index (χ0n) is 6.82. The largest absolute Gasteiger partial charge is 0.391 e. The minimum atomic E-state index is -1.25. The summed E-state index contributed by atoms with van der Waals surface area (Å²) in [7, 11) is 0. The minimum Gasteiger partial charge on any atom is -0.391 e. The zero-order chi connectivity index (χ0) is 9.02. The number of hydrogen-bond donors (Lipinski definition) is 3. The molecule has 0 aromatic heterocycles. The summed E-state index contributed by atoms with van der Waals surface area (Å²) in [6.45, 7) is 2.98. The maximum absolute atomic E-state index is 10.6. The number of carbonyl (C=O) groups is 1. The number of nitrogens with two attached hydrogens (primary N) is 1. The Hall–Kier alpha value is -0.450. The number of ketones is 1. The molecule has 0 rings (SSSR count). The fraction of sp³-hybridized carbons (Fsp3) is 0.857. The maximum atomic E-state index is 10.6. The van der Waals surface area contributed by atoms with Gasteiger partial charge in [0.25, 0.3) is 0 Å². The molecule has 0 amide bonds. The first-order chi connectivity index (χ1) is 5.00. The van der Waals surface area contributed by atoms with Crippen LogP contribution in [0.5, 0.6) is 0 Å². The van der Waals surface area contributed by atoms with Crippen LogP contribution in [0.2, 0.25) is 0 Å². The van der Waals surface area contributed by atoms with Gasteiger partial charge in [-0.2, -0.15) is 0 Å². The van der Waals surface area contributed by atoms with Crippen LogP contribution in [-0.2, 0) is 4.79 Å². The molecule has 0 aliphatic heterocycles. The Bertz CT molecular complexity index is 138. The molecule has 0 heterocycles. The van der Waals surface area contributed by atoms with Gasteiger partial charge in [0.05, 0.1) is 12.1 Å². The van der Waals surface area contributed by atoms with Crippen molar-refractivity contribution in [3.63, 3.8) is 0 Å². The Morgan fingerprint density at radius 2 is 2.00 bits per heavy atom. The van der Waals surface area contributed by atoms with Gasteiger partial charge >= 0.3 is 0 Å². The van der Waals surface area contributed by atoms with Gasteiger partial charge in [0.15, 0.2) is 5.78 Å². The highest BCUT2D eigenvalue weighted by atomic mass is 16.3. The highest BCUT2D eigenvalue weighted by molar-refractivity contribution is 5.80. The smallest absolute Gasteiger partial charge is 0.159 e. The van der Waals surface area contributed by atoms with E-state index in [9.17, 15) is 4.79 Å². The number of aliphatic hydroxyl groups excluding tert-OH is 2. The van der Waals surface area contributed by atoms with Crippen LogP contribution in [0.3, 0.4) is 0 Å². The first kappa shape index (κ1) is 10.6. The molecule has 3 atom stereocenters. The van der Waals surface area contributed by atoms with E-state index in [1.807, 2.05) is 0 Å². The molecule has 0 radical (unpaired) electrons. The lowest BCUT2D eigenvalue weighted by atomic mass is 10.0. The van der Waals surface area contributed by atoms with Gasteiger partial charge in [-0.15, -0.1) is 0 Å². The Morgan fingerprint density at radius 3 is 2.27 bits per heavy atom. The van der Waals surface area contributed by atoms with Crippen molar-refractivity contribution in [1.29, 1.82) is 0 Å². The van der Waals surface area contributed by atoms with E-state index in [0.717, 1.165) is 0 Å². The van der Waals surface area contributed by atoms with Gasteiger partial charge in [-0.1, -0.05) is 6.92 Å². The number of Topliss-reactive ketones (excluding diaryl/α,β-unsaturated/α-hetero) is 1. The summed E-state index contributed by atoms with van der Waals surface area (Å²) in [5.41, 5.74) is 5.35. The molecule has 4 nitrogen and oxygen atoms in total. The van der Waals surface area contributed by atoms with Gasteiger partial charge < -0.3 is 15.9 Å². The molecule has 4 heteroatoms. The van der Waals surface area contributed by atoms with Crippen LogP contribution in [0, 0.1) is 0 Å². The Balaban J connectivity index is 4.00. The third-order valence-electron chi connectivity index (χ3n) is 1.64. The van der Waals surface area contributed by atoms with Gasteiger partial charge in [-0.3, -0.25) is 4.79 Å². The summed E-state index contributed by atoms with van der Waals surface area (Å²) >= 11 is 0. The quantitative estimate of drug-likeness (QED) is 0.495. The third-order valence-corrected chi connectivity index (χ3v) is 1.64. The van der Waals surface area contributed by atoms with Crippen molar-refractivity contribution in [3.05, 3.63) is 0 Å². The standard InChI is InChI=1S/C7H15NO3/c1-3-5(10)6(8)7(11)4(2)9/h5-7,10-11H,3,8H2,1-2H3/t5?,6?,7-/m1/s1. The molecule has 0 spiro atoms. The van der Waals surface area contributed by atoms with Crippen LogP contribution in [0.4, 0.5) is 0 Å². The molecule has 0 saturated heterocycles. The molecule has 2 unspecified atom stereocenters. The average Bonchev–Trinajstić information content (AvgIpc) is 2.00. The highest BCUT2D eigenvalue weighted by Gasteiger charge is 2.24. The van der Waals surface area contributed by atoms with Gasteiger partial charge in [0.2, 0.25) is 0 Å². The van der Waals surface area contributed by atoms with Crippen molar-refractivity contribution >= 4 is 5.78 Å². The molecule has 11 heavy (non-hydrogen) atoms. The van der Waals surface area contributed by atoms with E-state index >= 15 is 0 Å². The lowest BCUT2D eigenvalue weighted by molar-refractivity contribution is -0.127. The monoisotopic (exact) mass is 161 g/mol. The molecular formula is C7H15NO3. The normalized spacial score (nSPS) is 19.0. The van der Waals surface area contributed by atoms with Crippen molar-refractivity contribution in [3.8, 4) is 0 Å². The van der Waals surface area contributed by atoms with E-state index in [1.165, 1.54) is 6.92 Å². The summed E-state index contributed by atoms with van der Waals surface area (Å²) in [5, 5.41) is 18.2. The fourth-order valence-corrected chi connectivity index (χ4v) is 0.754. The SMILES string of the molecule is CCC(O)C(N)[C@H](O)C(C)=O. The Labute approximate surface area is 66.0 Å². The van der Waals surface area contributed by atoms with E-state index in [1.54, 1.807) is 6.92 Å². The molecular weight excluding hydrogens is 146 g/mol. The molecule has 0 aromatic rings. The van der Waals surface area contributed by atoms with E-state index in [-0.39, 0.29) is 0 Å². The molecule has 0 fully saturated rings. The highest BCUT2D eigenvalue weighted by Crippen LogP contribution is 2.01. The number of hydrogen-bond acceptors (Lipinski definition) is 4. The van der Waals surface area contributed by atoms with Crippen molar-refractivity contribution in [2.75, 3.05) is 0 Å². The molecule has 4 N–H and O–H groups in total. The zero-order valence-corrected chi connectivity index (χ0v) is 6.82. The minimum absolute atomic E-state index is 0.412. The van der Waals surface area contributed by atoms with Crippen LogP contribution in [0.1, 0.15) is 20.3 Å². The second-order valence-electron chi connectivity index (χ2n) is 2.61. The van der Waals surface area contributed by atoms with Crippen LogP contribution in [0.25, 0.3) is 0 Å². The van der Waals surface area contributed by atoms with Gasteiger partial charge in [0.1, 0.15) is 6.10 Å². The molecule has 0 aromatic carbocycles. The number of rotatable bonds is 4. The topological polar surface area (TPSA) is 83.6 Å². The predicted octanol–water partition coefficient (Wildman–Crippen LogP) is -0.966. The molecule has 66 valence electrons. The summed E-state index contributed by atoms with van der Waals surface area (Å²) in [6.07, 6.45) is -1.62. The van der Waals surface area contributed by atoms with Crippen molar-refractivity contribution in [1.82, 2.24) is 0 Å².